The van der Waals surface area contributed by atoms with Crippen molar-refractivity contribution in [2.75, 3.05) is 11.5 Å². The predicted molar refractivity (Wildman–Crippen MR) is 52.1 cm³/mol. The first kappa shape index (κ1) is 8.19. The van der Waals surface area contributed by atoms with Gasteiger partial charge in [-0.2, -0.15) is 5.90 Å². The Balaban J connectivity index is 2.64. The fourth-order valence-electron chi connectivity index (χ4n) is 1.90. The van der Waals surface area contributed by atoms with Crippen LogP contribution in [0.15, 0.2) is 6.07 Å². The fourth-order valence-corrected chi connectivity index (χ4v) is 1.90. The molecule has 0 unspecified atom stereocenters. The Morgan fingerprint density at radius 3 is 2.54 bits per heavy atom. The van der Waals surface area contributed by atoms with Crippen LogP contribution in [0.1, 0.15) is 17.5 Å². The van der Waals surface area contributed by atoms with Gasteiger partial charge in [-0.1, -0.05) is 0 Å². The Labute approximate surface area is 76.6 Å². The number of hydrogen-bond acceptors (Lipinski definition) is 4. The van der Waals surface area contributed by atoms with E-state index in [9.17, 15) is 0 Å². The smallest absolute Gasteiger partial charge is 0.152 e. The van der Waals surface area contributed by atoms with Crippen LogP contribution in [-0.2, 0) is 12.8 Å². The van der Waals surface area contributed by atoms with Gasteiger partial charge in [-0.25, -0.2) is 0 Å². The number of hydrogen-bond donors (Lipinski definition) is 3. The van der Waals surface area contributed by atoms with Crippen LogP contribution in [0.3, 0.4) is 0 Å². The zero-order chi connectivity index (χ0) is 9.42. The summed E-state index contributed by atoms with van der Waals surface area (Å²) in [5.41, 5.74) is 15.0. The molecular weight excluding hydrogens is 166 g/mol. The molecule has 1 aromatic carbocycles. The van der Waals surface area contributed by atoms with Gasteiger partial charge >= 0.3 is 0 Å². The van der Waals surface area contributed by atoms with Crippen molar-refractivity contribution in [1.82, 2.24) is 0 Å². The third kappa shape index (κ3) is 1.10. The molecule has 0 fully saturated rings. The van der Waals surface area contributed by atoms with E-state index < -0.39 is 0 Å². The topological polar surface area (TPSA) is 87.3 Å². The summed E-state index contributed by atoms with van der Waals surface area (Å²) in [6, 6.07) is 1.69. The molecule has 0 heterocycles. The zero-order valence-corrected chi connectivity index (χ0v) is 7.34. The molecule has 1 aliphatic rings. The predicted octanol–water partition coefficient (Wildman–Crippen LogP) is 0.592. The molecule has 0 saturated carbocycles. The number of fused-ring (bicyclic) bond motifs is 1. The van der Waals surface area contributed by atoms with E-state index in [1.54, 1.807) is 6.07 Å². The SMILES string of the molecule is NOc1cc(N)c(N)c2c1CCC2. The van der Waals surface area contributed by atoms with Gasteiger partial charge in [0, 0.05) is 11.6 Å². The molecule has 4 heteroatoms. The van der Waals surface area contributed by atoms with E-state index in [4.69, 9.17) is 22.2 Å². The highest BCUT2D eigenvalue weighted by Crippen LogP contribution is 2.37. The lowest BCUT2D eigenvalue weighted by Crippen LogP contribution is -2.07. The Hall–Kier alpha value is -1.42. The normalized spacial score (nSPS) is 14.2. The Kier molecular flexibility index (Phi) is 1.77. The molecule has 0 saturated heterocycles. The average Bonchev–Trinajstić information content (AvgIpc) is 2.60. The summed E-state index contributed by atoms with van der Waals surface area (Å²) >= 11 is 0. The van der Waals surface area contributed by atoms with Gasteiger partial charge < -0.3 is 16.3 Å². The molecular formula is C9H13N3O. The van der Waals surface area contributed by atoms with Crippen molar-refractivity contribution in [3.05, 3.63) is 17.2 Å². The first-order valence-electron chi connectivity index (χ1n) is 4.30. The van der Waals surface area contributed by atoms with E-state index in [0.717, 1.165) is 30.4 Å². The van der Waals surface area contributed by atoms with E-state index in [-0.39, 0.29) is 0 Å². The molecule has 70 valence electrons. The molecule has 0 bridgehead atoms. The monoisotopic (exact) mass is 179 g/mol. The molecule has 0 aromatic heterocycles. The summed E-state index contributed by atoms with van der Waals surface area (Å²) < 4.78 is 0. The largest absolute Gasteiger partial charge is 0.411 e. The van der Waals surface area contributed by atoms with E-state index in [0.29, 0.717) is 17.1 Å². The van der Waals surface area contributed by atoms with E-state index in [1.807, 2.05) is 0 Å². The van der Waals surface area contributed by atoms with Crippen LogP contribution in [-0.4, -0.2) is 0 Å². The van der Waals surface area contributed by atoms with Crippen LogP contribution < -0.4 is 22.2 Å². The summed E-state index contributed by atoms with van der Waals surface area (Å²) in [6.07, 6.45) is 3.05. The Morgan fingerprint density at radius 1 is 1.15 bits per heavy atom. The Morgan fingerprint density at radius 2 is 1.85 bits per heavy atom. The molecule has 1 aromatic rings. The lowest BCUT2D eigenvalue weighted by molar-refractivity contribution is 0.331. The maximum atomic E-state index is 5.84. The van der Waals surface area contributed by atoms with Crippen molar-refractivity contribution in [2.24, 2.45) is 5.90 Å². The van der Waals surface area contributed by atoms with Crippen LogP contribution in [0.2, 0.25) is 0 Å². The standard InChI is InChI=1S/C9H13N3O/c10-7-4-8(13-12)5-2-1-3-6(5)9(7)11/h4H,1-3,10-12H2. The highest BCUT2D eigenvalue weighted by molar-refractivity contribution is 5.73. The molecule has 0 spiro atoms. The number of anilines is 2. The van der Waals surface area contributed by atoms with Gasteiger partial charge in [-0.05, 0) is 24.8 Å². The fraction of sp³-hybridized carbons (Fsp3) is 0.333. The van der Waals surface area contributed by atoms with Crippen molar-refractivity contribution < 1.29 is 4.84 Å². The van der Waals surface area contributed by atoms with Crippen molar-refractivity contribution in [3.8, 4) is 5.75 Å². The molecule has 6 N–H and O–H groups in total. The van der Waals surface area contributed by atoms with Crippen molar-refractivity contribution in [1.29, 1.82) is 0 Å². The van der Waals surface area contributed by atoms with Crippen LogP contribution in [0.5, 0.6) is 5.75 Å². The summed E-state index contributed by atoms with van der Waals surface area (Å²) in [7, 11) is 0. The molecule has 13 heavy (non-hydrogen) atoms. The third-order valence-electron chi connectivity index (χ3n) is 2.56. The minimum absolute atomic E-state index is 0.557. The maximum absolute atomic E-state index is 5.84. The molecule has 4 nitrogen and oxygen atoms in total. The summed E-state index contributed by atoms with van der Waals surface area (Å²) in [5.74, 6) is 5.81. The first-order valence-corrected chi connectivity index (χ1v) is 4.30. The summed E-state index contributed by atoms with van der Waals surface area (Å²) in [4.78, 5) is 4.76. The van der Waals surface area contributed by atoms with Gasteiger partial charge in [-0.3, -0.25) is 0 Å². The van der Waals surface area contributed by atoms with Crippen LogP contribution in [0.4, 0.5) is 11.4 Å². The lowest BCUT2D eigenvalue weighted by atomic mass is 10.1. The second-order valence-corrected chi connectivity index (χ2v) is 3.31. The summed E-state index contributed by atoms with van der Waals surface area (Å²) in [6.45, 7) is 0. The molecule has 0 amide bonds. The van der Waals surface area contributed by atoms with Gasteiger partial charge in [0.15, 0.2) is 5.75 Å². The second-order valence-electron chi connectivity index (χ2n) is 3.31. The number of rotatable bonds is 1. The van der Waals surface area contributed by atoms with E-state index >= 15 is 0 Å². The summed E-state index contributed by atoms with van der Waals surface area (Å²) in [5, 5.41) is 0. The average molecular weight is 179 g/mol. The number of nitrogen functional groups attached to an aromatic ring is 2. The highest BCUT2D eigenvalue weighted by atomic mass is 16.6. The molecule has 1 aliphatic carbocycles. The van der Waals surface area contributed by atoms with E-state index in [1.165, 1.54) is 0 Å². The van der Waals surface area contributed by atoms with E-state index in [2.05, 4.69) is 0 Å². The van der Waals surface area contributed by atoms with Crippen LogP contribution >= 0.6 is 0 Å². The number of benzene rings is 1. The van der Waals surface area contributed by atoms with Gasteiger partial charge in [0.05, 0.1) is 11.4 Å². The van der Waals surface area contributed by atoms with Crippen molar-refractivity contribution in [2.45, 2.75) is 19.3 Å². The van der Waals surface area contributed by atoms with Crippen molar-refractivity contribution >= 4 is 11.4 Å². The van der Waals surface area contributed by atoms with Gasteiger partial charge in [0.1, 0.15) is 0 Å². The maximum Gasteiger partial charge on any atom is 0.152 e. The highest BCUT2D eigenvalue weighted by Gasteiger charge is 2.20. The lowest BCUT2D eigenvalue weighted by Gasteiger charge is -2.10. The second kappa shape index (κ2) is 2.81. The van der Waals surface area contributed by atoms with Crippen molar-refractivity contribution in [3.63, 3.8) is 0 Å². The Bertz CT molecular complexity index is 349. The van der Waals surface area contributed by atoms with Gasteiger partial charge in [-0.15, -0.1) is 0 Å². The number of nitrogens with two attached hydrogens (primary N) is 3. The third-order valence-corrected chi connectivity index (χ3v) is 2.56. The molecule has 0 aliphatic heterocycles. The first-order chi connectivity index (χ1) is 6.24. The quantitative estimate of drug-likeness (QED) is 0.435. The van der Waals surface area contributed by atoms with Crippen LogP contribution in [0, 0.1) is 0 Å². The van der Waals surface area contributed by atoms with Crippen LogP contribution in [0.25, 0.3) is 0 Å². The minimum atomic E-state index is 0.557. The molecule has 0 radical (unpaired) electrons. The minimum Gasteiger partial charge on any atom is -0.411 e. The zero-order valence-electron chi connectivity index (χ0n) is 7.34. The van der Waals surface area contributed by atoms with Gasteiger partial charge in [0.25, 0.3) is 0 Å². The van der Waals surface area contributed by atoms with Gasteiger partial charge in [0.2, 0.25) is 0 Å². The molecule has 0 atom stereocenters. The molecule has 2 rings (SSSR count).